The fourth-order valence-electron chi connectivity index (χ4n) is 18.1. The van der Waals surface area contributed by atoms with Gasteiger partial charge in [0.15, 0.2) is 0 Å². The number of nitrogens with zero attached hydrogens (tertiary/aromatic N) is 1. The molecule has 0 aliphatic heterocycles. The highest BCUT2D eigenvalue weighted by molar-refractivity contribution is 5.83. The van der Waals surface area contributed by atoms with E-state index in [1.165, 1.54) is 153 Å². The SMILES string of the molecule is Cc1cc(-c2ccc(-c3ccc(-c4ccc(-c5ccc(-c6cccc(OCCC7C8CC9CC(C8)CC7C9)c6)cc5OCCC5C6CC7CC(C6)CC5C7)c(C)c4)cc3C)c(C)c2)ccc1-c1ccc(OCCOCCOCCN(CC(=O)O)CC(=O)O)cc1. The zero-order valence-corrected chi connectivity index (χ0v) is 53.3. The standard InChI is InChI=1S/C80H91NO9/c1-50-32-60(10-17-71(50)58-8-15-69(16-9-58)89-31-30-87-29-28-86-27-24-81(48-79(82)83)49-80(84)85)61-11-18-72(51(2)33-61)73-19-12-62(34-52(73)3)63-13-20-74(53(4)35-63)77-21-14-64(47-78(77)90-26-23-76-67-42-56-37-57(44-67)45-68(76)43-56)59-6-5-7-70(46-59)88-25-22-75-65-38-54-36-55(40-65)41-66(75)39-54/h5-21,32-35,46-47,54-57,65-68,75-76H,22-31,36-45,48-49H2,1-4H3,(H,82,83)(H,84,85). The van der Waals surface area contributed by atoms with Crippen LogP contribution in [0.15, 0.2) is 140 Å². The molecule has 7 aromatic carbocycles. The Morgan fingerprint density at radius 3 is 1.24 bits per heavy atom. The first kappa shape index (κ1) is 61.6. The van der Waals surface area contributed by atoms with Crippen LogP contribution in [0.5, 0.6) is 17.2 Å². The lowest BCUT2D eigenvalue weighted by molar-refractivity contribution is -0.142. The molecule has 8 aliphatic rings. The van der Waals surface area contributed by atoms with Crippen LogP contribution in [0.4, 0.5) is 0 Å². The number of ether oxygens (including phenoxy) is 5. The molecule has 8 bridgehead atoms. The Hall–Kier alpha value is -7.24. The molecule has 470 valence electrons. The summed E-state index contributed by atoms with van der Waals surface area (Å²) < 4.78 is 30.7. The van der Waals surface area contributed by atoms with E-state index in [1.807, 2.05) is 12.1 Å². The Kier molecular flexibility index (Phi) is 19.0. The molecule has 0 radical (unpaired) electrons. The third-order valence-corrected chi connectivity index (χ3v) is 21.9. The number of aliphatic carboxylic acids is 2. The van der Waals surface area contributed by atoms with E-state index in [9.17, 15) is 9.59 Å². The van der Waals surface area contributed by atoms with Gasteiger partial charge in [0, 0.05) is 12.1 Å². The fraction of sp³-hybridized carbons (Fsp3) is 0.450. The predicted octanol–water partition coefficient (Wildman–Crippen LogP) is 17.5. The van der Waals surface area contributed by atoms with Crippen LogP contribution < -0.4 is 14.2 Å². The molecule has 0 atom stereocenters. The number of aryl methyl sites for hydroxylation is 4. The Balaban J connectivity index is 0.636. The van der Waals surface area contributed by atoms with E-state index >= 15 is 0 Å². The quantitative estimate of drug-likeness (QED) is 0.0458. The van der Waals surface area contributed by atoms with Crippen molar-refractivity contribution in [1.82, 2.24) is 4.90 Å². The van der Waals surface area contributed by atoms with Gasteiger partial charge in [-0.15, -0.1) is 0 Å². The number of carboxylic acid groups (broad SMARTS) is 2. The summed E-state index contributed by atoms with van der Waals surface area (Å²) >= 11 is 0. The summed E-state index contributed by atoms with van der Waals surface area (Å²) in [4.78, 5) is 23.3. The smallest absolute Gasteiger partial charge is 0.317 e. The third-order valence-electron chi connectivity index (χ3n) is 21.9. The summed E-state index contributed by atoms with van der Waals surface area (Å²) in [5.41, 5.74) is 19.2. The van der Waals surface area contributed by atoms with Crippen molar-refractivity contribution < 1.29 is 43.5 Å². The molecule has 90 heavy (non-hydrogen) atoms. The van der Waals surface area contributed by atoms with Gasteiger partial charge in [0.25, 0.3) is 0 Å². The Morgan fingerprint density at radius 2 is 0.767 bits per heavy atom. The van der Waals surface area contributed by atoms with Gasteiger partial charge in [0.05, 0.1) is 52.7 Å². The molecule has 2 N–H and O–H groups in total. The molecule has 15 rings (SSSR count). The molecular formula is C80H91NO9. The van der Waals surface area contributed by atoms with Gasteiger partial charge >= 0.3 is 11.9 Å². The second-order valence-corrected chi connectivity index (χ2v) is 27.9. The summed E-state index contributed by atoms with van der Waals surface area (Å²) in [6.45, 7) is 11.6. The van der Waals surface area contributed by atoms with Crippen LogP contribution >= 0.6 is 0 Å². The Morgan fingerprint density at radius 1 is 0.378 bits per heavy atom. The van der Waals surface area contributed by atoms with Crippen LogP contribution in [-0.2, 0) is 19.1 Å². The number of rotatable bonds is 28. The molecule has 8 aliphatic carbocycles. The second kappa shape index (κ2) is 27.7. The summed E-state index contributed by atoms with van der Waals surface area (Å²) in [5, 5.41) is 18.0. The zero-order valence-electron chi connectivity index (χ0n) is 53.3. The average molecular weight is 1210 g/mol. The monoisotopic (exact) mass is 1210 g/mol. The van der Waals surface area contributed by atoms with E-state index in [2.05, 4.69) is 155 Å². The summed E-state index contributed by atoms with van der Waals surface area (Å²) in [7, 11) is 0. The maximum absolute atomic E-state index is 11.0. The molecule has 0 heterocycles. The number of hydrogen-bond donors (Lipinski definition) is 2. The Labute approximate surface area is 533 Å². The lowest BCUT2D eigenvalue weighted by Gasteiger charge is -2.54. The molecule has 0 aromatic heterocycles. The number of carboxylic acids is 2. The first-order valence-electron chi connectivity index (χ1n) is 33.8. The molecule has 10 nitrogen and oxygen atoms in total. The van der Waals surface area contributed by atoms with Crippen molar-refractivity contribution in [2.45, 2.75) is 105 Å². The van der Waals surface area contributed by atoms with Gasteiger partial charge in [-0.2, -0.15) is 0 Å². The Bertz CT molecular complexity index is 3610. The first-order valence-corrected chi connectivity index (χ1v) is 33.8. The van der Waals surface area contributed by atoms with E-state index < -0.39 is 11.9 Å². The molecular weight excluding hydrogens is 1120 g/mol. The lowest BCUT2D eigenvalue weighted by Crippen LogP contribution is -2.45. The zero-order chi connectivity index (χ0) is 61.8. The molecule has 0 unspecified atom stereocenters. The highest BCUT2D eigenvalue weighted by Gasteiger charge is 2.49. The van der Waals surface area contributed by atoms with Crippen LogP contribution in [0.25, 0.3) is 66.8 Å². The van der Waals surface area contributed by atoms with E-state index in [4.69, 9.17) is 33.9 Å². The topological polar surface area (TPSA) is 124 Å². The van der Waals surface area contributed by atoms with Crippen molar-refractivity contribution in [3.63, 3.8) is 0 Å². The highest BCUT2D eigenvalue weighted by Crippen LogP contribution is 2.59. The first-order chi connectivity index (χ1) is 43.8. The van der Waals surface area contributed by atoms with Gasteiger partial charge in [-0.05, 0) is 278 Å². The molecule has 10 heteroatoms. The van der Waals surface area contributed by atoms with Crippen molar-refractivity contribution in [1.29, 1.82) is 0 Å². The molecule has 8 saturated carbocycles. The van der Waals surface area contributed by atoms with E-state index in [0.29, 0.717) is 26.4 Å². The number of benzene rings is 7. The average Bonchev–Trinajstić information content (AvgIpc) is 0.825. The van der Waals surface area contributed by atoms with E-state index in [0.717, 1.165) is 107 Å². The van der Waals surface area contributed by atoms with Crippen LogP contribution in [0.2, 0.25) is 0 Å². The minimum atomic E-state index is -1.08. The number of carbonyl (C=O) groups is 2. The van der Waals surface area contributed by atoms with Crippen molar-refractivity contribution >= 4 is 11.9 Å². The summed E-state index contributed by atoms with van der Waals surface area (Å²) in [5.74, 6) is 9.83. The van der Waals surface area contributed by atoms with Crippen LogP contribution in [-0.4, -0.2) is 92.9 Å². The van der Waals surface area contributed by atoms with Crippen LogP contribution in [0.1, 0.15) is 99.3 Å². The fourth-order valence-corrected chi connectivity index (χ4v) is 18.1. The normalized spacial score (nSPS) is 23.6. The van der Waals surface area contributed by atoms with Crippen molar-refractivity contribution in [3.05, 3.63) is 162 Å². The summed E-state index contributed by atoms with van der Waals surface area (Å²) in [6, 6.07) is 51.3. The van der Waals surface area contributed by atoms with Gasteiger partial charge in [-0.25, -0.2) is 0 Å². The van der Waals surface area contributed by atoms with Crippen molar-refractivity contribution in [3.8, 4) is 84.0 Å². The maximum atomic E-state index is 11.0. The van der Waals surface area contributed by atoms with Gasteiger partial charge in [0.2, 0.25) is 0 Å². The minimum Gasteiger partial charge on any atom is -0.494 e. The number of hydrogen-bond acceptors (Lipinski definition) is 8. The molecule has 8 fully saturated rings. The van der Waals surface area contributed by atoms with Gasteiger partial charge in [-0.3, -0.25) is 14.5 Å². The van der Waals surface area contributed by atoms with E-state index in [1.54, 1.807) is 0 Å². The van der Waals surface area contributed by atoms with Crippen molar-refractivity contribution in [2.24, 2.45) is 59.2 Å². The van der Waals surface area contributed by atoms with Crippen molar-refractivity contribution in [2.75, 3.05) is 65.9 Å². The van der Waals surface area contributed by atoms with Gasteiger partial charge in [0.1, 0.15) is 23.9 Å². The minimum absolute atomic E-state index is 0.203. The molecule has 0 spiro atoms. The highest BCUT2D eigenvalue weighted by atomic mass is 16.5. The molecule has 7 aromatic rings. The maximum Gasteiger partial charge on any atom is 0.317 e. The van der Waals surface area contributed by atoms with Crippen LogP contribution in [0.3, 0.4) is 0 Å². The van der Waals surface area contributed by atoms with Gasteiger partial charge < -0.3 is 33.9 Å². The summed E-state index contributed by atoms with van der Waals surface area (Å²) in [6.07, 6.45) is 17.0. The third kappa shape index (κ3) is 14.3. The second-order valence-electron chi connectivity index (χ2n) is 27.9. The molecule has 0 saturated heterocycles. The largest absolute Gasteiger partial charge is 0.494 e. The predicted molar refractivity (Wildman–Crippen MR) is 358 cm³/mol. The van der Waals surface area contributed by atoms with Crippen LogP contribution in [0, 0.1) is 86.9 Å². The van der Waals surface area contributed by atoms with Gasteiger partial charge in [-0.1, -0.05) is 109 Å². The molecule has 0 amide bonds. The lowest BCUT2D eigenvalue weighted by atomic mass is 9.51. The van der Waals surface area contributed by atoms with E-state index in [-0.39, 0.29) is 26.2 Å².